The molecule has 0 saturated heterocycles. The first-order valence-electron chi connectivity index (χ1n) is 5.88. The number of rotatable bonds is 3. The number of amides is 1. The van der Waals surface area contributed by atoms with Crippen molar-refractivity contribution in [3.05, 3.63) is 41.8 Å². The van der Waals surface area contributed by atoms with Crippen LogP contribution in [0, 0.1) is 5.82 Å². The molecular formula is C13H12FN3O3S. The summed E-state index contributed by atoms with van der Waals surface area (Å²) in [6.45, 7) is 0. The highest BCUT2D eigenvalue weighted by molar-refractivity contribution is 7.90. The average Bonchev–Trinajstić information content (AvgIpc) is 2.45. The highest BCUT2D eigenvalue weighted by atomic mass is 32.2. The van der Waals surface area contributed by atoms with Crippen molar-refractivity contribution in [3.63, 3.8) is 0 Å². The van der Waals surface area contributed by atoms with Crippen molar-refractivity contribution in [2.24, 2.45) is 0 Å². The molecule has 0 saturated carbocycles. The summed E-state index contributed by atoms with van der Waals surface area (Å²) < 4.78 is 37.0. The molecule has 0 bridgehead atoms. The van der Waals surface area contributed by atoms with Gasteiger partial charge in [0.05, 0.1) is 11.3 Å². The Morgan fingerprint density at radius 1 is 1.29 bits per heavy atom. The zero-order valence-corrected chi connectivity index (χ0v) is 12.1. The van der Waals surface area contributed by atoms with E-state index >= 15 is 0 Å². The van der Waals surface area contributed by atoms with Gasteiger partial charge in [-0.15, -0.1) is 0 Å². The number of nitrogens with one attached hydrogen (secondary N) is 1. The lowest BCUT2D eigenvalue weighted by atomic mass is 10.1. The van der Waals surface area contributed by atoms with Gasteiger partial charge in [-0.3, -0.25) is 4.79 Å². The summed E-state index contributed by atoms with van der Waals surface area (Å²) in [5.74, 6) is -1.14. The van der Waals surface area contributed by atoms with Crippen molar-refractivity contribution in [3.8, 4) is 11.3 Å². The van der Waals surface area contributed by atoms with E-state index in [9.17, 15) is 17.6 Å². The standard InChI is InChI=1S/C13H12FN3O3S/c1-15-12(18)9-7-16-13(21(2,19)20)17-11(9)8-5-3-4-6-10(8)14/h3-7H,1-2H3,(H,15,18). The van der Waals surface area contributed by atoms with E-state index in [4.69, 9.17) is 0 Å². The molecule has 0 fully saturated rings. The summed E-state index contributed by atoms with van der Waals surface area (Å²) in [7, 11) is -2.27. The summed E-state index contributed by atoms with van der Waals surface area (Å²) in [5, 5.41) is 1.91. The number of hydrogen-bond donors (Lipinski definition) is 1. The molecule has 0 aliphatic carbocycles. The van der Waals surface area contributed by atoms with Crippen LogP contribution in [0.3, 0.4) is 0 Å². The number of carbonyl (C=O) groups excluding carboxylic acids is 1. The lowest BCUT2D eigenvalue weighted by molar-refractivity contribution is 0.0963. The molecule has 21 heavy (non-hydrogen) atoms. The first-order chi connectivity index (χ1) is 9.84. The Labute approximate surface area is 121 Å². The van der Waals surface area contributed by atoms with E-state index in [0.717, 1.165) is 12.5 Å². The van der Waals surface area contributed by atoms with Crippen LogP contribution in [-0.2, 0) is 9.84 Å². The molecular weight excluding hydrogens is 297 g/mol. The van der Waals surface area contributed by atoms with E-state index in [1.165, 1.54) is 25.2 Å². The Hall–Kier alpha value is -2.35. The number of aromatic nitrogens is 2. The Bertz CT molecular complexity index is 806. The van der Waals surface area contributed by atoms with E-state index < -0.39 is 26.7 Å². The fourth-order valence-electron chi connectivity index (χ4n) is 1.70. The predicted octanol–water partition coefficient (Wildman–Crippen LogP) is 1.05. The molecule has 0 unspecified atom stereocenters. The second kappa shape index (κ2) is 5.57. The molecule has 0 aliphatic heterocycles. The third kappa shape index (κ3) is 3.05. The zero-order valence-electron chi connectivity index (χ0n) is 11.3. The van der Waals surface area contributed by atoms with E-state index in [-0.39, 0.29) is 16.8 Å². The number of carbonyl (C=O) groups is 1. The Kier molecular flexibility index (Phi) is 3.99. The lowest BCUT2D eigenvalue weighted by Crippen LogP contribution is -2.20. The number of nitrogens with zero attached hydrogens (tertiary/aromatic N) is 2. The molecule has 0 aliphatic rings. The van der Waals surface area contributed by atoms with E-state index in [2.05, 4.69) is 15.3 Å². The number of hydrogen-bond acceptors (Lipinski definition) is 5. The Morgan fingerprint density at radius 3 is 2.52 bits per heavy atom. The summed E-state index contributed by atoms with van der Waals surface area (Å²) in [6, 6.07) is 5.66. The first kappa shape index (κ1) is 15.0. The molecule has 1 N–H and O–H groups in total. The highest BCUT2D eigenvalue weighted by Crippen LogP contribution is 2.24. The van der Waals surface area contributed by atoms with Crippen LogP contribution in [0.4, 0.5) is 4.39 Å². The zero-order chi connectivity index (χ0) is 15.6. The van der Waals surface area contributed by atoms with Gasteiger partial charge >= 0.3 is 0 Å². The van der Waals surface area contributed by atoms with Gasteiger partial charge in [-0.05, 0) is 12.1 Å². The van der Waals surface area contributed by atoms with Gasteiger partial charge in [0.1, 0.15) is 5.82 Å². The SMILES string of the molecule is CNC(=O)c1cnc(S(C)(=O)=O)nc1-c1ccccc1F. The van der Waals surface area contributed by atoms with Crippen molar-refractivity contribution in [1.82, 2.24) is 15.3 Å². The maximum atomic E-state index is 13.9. The summed E-state index contributed by atoms with van der Waals surface area (Å²) in [5.41, 5.74) is -0.0405. The number of sulfone groups is 1. The second-order valence-corrected chi connectivity index (χ2v) is 6.16. The number of halogens is 1. The Morgan fingerprint density at radius 2 is 1.95 bits per heavy atom. The van der Waals surface area contributed by atoms with Crippen LogP contribution in [-0.4, -0.2) is 37.6 Å². The van der Waals surface area contributed by atoms with Crippen molar-refractivity contribution < 1.29 is 17.6 Å². The monoisotopic (exact) mass is 309 g/mol. The van der Waals surface area contributed by atoms with Gasteiger partial charge in [0.15, 0.2) is 0 Å². The molecule has 1 aromatic carbocycles. The molecule has 110 valence electrons. The van der Waals surface area contributed by atoms with Crippen LogP contribution >= 0.6 is 0 Å². The minimum atomic E-state index is -3.67. The van der Waals surface area contributed by atoms with Crippen molar-refractivity contribution in [1.29, 1.82) is 0 Å². The normalized spacial score (nSPS) is 11.2. The molecule has 1 amide bonds. The van der Waals surface area contributed by atoms with Gasteiger partial charge in [-0.1, -0.05) is 12.1 Å². The van der Waals surface area contributed by atoms with E-state index in [1.807, 2.05) is 0 Å². The molecule has 2 aromatic rings. The maximum Gasteiger partial charge on any atom is 0.254 e. The third-order valence-electron chi connectivity index (χ3n) is 2.70. The first-order valence-corrected chi connectivity index (χ1v) is 7.78. The van der Waals surface area contributed by atoms with Gasteiger partial charge in [-0.25, -0.2) is 22.8 Å². The van der Waals surface area contributed by atoms with E-state index in [0.29, 0.717) is 0 Å². The molecule has 6 nitrogen and oxygen atoms in total. The molecule has 0 atom stereocenters. The van der Waals surface area contributed by atoms with Crippen LogP contribution in [0.25, 0.3) is 11.3 Å². The van der Waals surface area contributed by atoms with Crippen LogP contribution in [0.2, 0.25) is 0 Å². The predicted molar refractivity (Wildman–Crippen MR) is 73.9 cm³/mol. The Balaban J connectivity index is 2.76. The van der Waals surface area contributed by atoms with Gasteiger partial charge in [0.2, 0.25) is 15.0 Å². The highest BCUT2D eigenvalue weighted by Gasteiger charge is 2.21. The third-order valence-corrected chi connectivity index (χ3v) is 3.56. The molecule has 2 rings (SSSR count). The van der Waals surface area contributed by atoms with Gasteiger partial charge in [0.25, 0.3) is 5.91 Å². The van der Waals surface area contributed by atoms with Crippen LogP contribution in [0.15, 0.2) is 35.6 Å². The average molecular weight is 309 g/mol. The largest absolute Gasteiger partial charge is 0.355 e. The van der Waals surface area contributed by atoms with Crippen LogP contribution in [0.5, 0.6) is 0 Å². The van der Waals surface area contributed by atoms with Gasteiger partial charge in [-0.2, -0.15) is 0 Å². The molecule has 1 heterocycles. The number of benzene rings is 1. The van der Waals surface area contributed by atoms with Crippen molar-refractivity contribution in [2.45, 2.75) is 5.16 Å². The van der Waals surface area contributed by atoms with Gasteiger partial charge in [0, 0.05) is 25.1 Å². The summed E-state index contributed by atoms with van der Waals surface area (Å²) >= 11 is 0. The van der Waals surface area contributed by atoms with Crippen molar-refractivity contribution >= 4 is 15.7 Å². The summed E-state index contributed by atoms with van der Waals surface area (Å²) in [6.07, 6.45) is 2.01. The fourth-order valence-corrected chi connectivity index (χ4v) is 2.20. The second-order valence-electron chi connectivity index (χ2n) is 4.25. The smallest absolute Gasteiger partial charge is 0.254 e. The van der Waals surface area contributed by atoms with E-state index in [1.54, 1.807) is 6.07 Å². The molecule has 8 heteroatoms. The van der Waals surface area contributed by atoms with Crippen LogP contribution in [0.1, 0.15) is 10.4 Å². The molecule has 0 spiro atoms. The van der Waals surface area contributed by atoms with Gasteiger partial charge < -0.3 is 5.32 Å². The minimum absolute atomic E-state index is 0.00463. The quantitative estimate of drug-likeness (QED) is 0.856. The molecule has 0 radical (unpaired) electrons. The van der Waals surface area contributed by atoms with Crippen LogP contribution < -0.4 is 5.32 Å². The fraction of sp³-hybridized carbons (Fsp3) is 0.154. The topological polar surface area (TPSA) is 89.0 Å². The lowest BCUT2D eigenvalue weighted by Gasteiger charge is -2.09. The maximum absolute atomic E-state index is 13.9. The summed E-state index contributed by atoms with van der Waals surface area (Å²) in [4.78, 5) is 19.3. The minimum Gasteiger partial charge on any atom is -0.355 e. The molecule has 1 aromatic heterocycles. The van der Waals surface area contributed by atoms with Crippen molar-refractivity contribution in [2.75, 3.05) is 13.3 Å².